The molecular weight excluding hydrogens is 202 g/mol. The number of hydrogen-bond donors (Lipinski definition) is 1. The number of hydrogen-bond acceptors (Lipinski definition) is 3. The number of nitrogens with two attached hydrogens (primary N) is 1. The molecule has 0 aliphatic rings. The Morgan fingerprint density at radius 3 is 2.50 bits per heavy atom. The first kappa shape index (κ1) is 12.4. The molecule has 88 valence electrons. The maximum absolute atomic E-state index is 11.6. The van der Waals surface area contributed by atoms with Crippen LogP contribution in [0.5, 0.6) is 0 Å². The lowest BCUT2D eigenvalue weighted by atomic mass is 10.2. The van der Waals surface area contributed by atoms with Crippen LogP contribution in [-0.4, -0.2) is 38.5 Å². The van der Waals surface area contributed by atoms with Gasteiger partial charge in [0.05, 0.1) is 17.9 Å². The number of rotatable bonds is 3. The predicted octanol–water partition coefficient (Wildman–Crippen LogP) is 1.10. The van der Waals surface area contributed by atoms with Crippen LogP contribution in [0.25, 0.3) is 0 Å². The third-order valence-corrected chi connectivity index (χ3v) is 2.47. The summed E-state index contributed by atoms with van der Waals surface area (Å²) >= 11 is 0. The van der Waals surface area contributed by atoms with Gasteiger partial charge in [-0.1, -0.05) is 6.07 Å². The van der Waals surface area contributed by atoms with Gasteiger partial charge in [0, 0.05) is 21.1 Å². The highest BCUT2D eigenvalue weighted by atomic mass is 16.2. The van der Waals surface area contributed by atoms with Crippen molar-refractivity contribution in [1.29, 1.82) is 0 Å². The van der Waals surface area contributed by atoms with Crippen LogP contribution in [0, 0.1) is 6.92 Å². The monoisotopic (exact) mass is 221 g/mol. The molecule has 0 aliphatic heterocycles. The van der Waals surface area contributed by atoms with Crippen molar-refractivity contribution in [1.82, 2.24) is 4.90 Å². The molecule has 1 rings (SSSR count). The Hall–Kier alpha value is -1.71. The Balaban J connectivity index is 2.84. The molecule has 0 saturated heterocycles. The van der Waals surface area contributed by atoms with Gasteiger partial charge in [-0.3, -0.25) is 4.79 Å². The summed E-state index contributed by atoms with van der Waals surface area (Å²) in [5, 5.41) is 0. The summed E-state index contributed by atoms with van der Waals surface area (Å²) in [4.78, 5) is 15.0. The van der Waals surface area contributed by atoms with Crippen LogP contribution in [0.4, 0.5) is 11.4 Å². The number of carbonyl (C=O) groups excluding carboxylic acids is 1. The third kappa shape index (κ3) is 2.89. The van der Waals surface area contributed by atoms with Crippen molar-refractivity contribution in [3.05, 3.63) is 23.8 Å². The Morgan fingerprint density at radius 2 is 1.94 bits per heavy atom. The summed E-state index contributed by atoms with van der Waals surface area (Å²) in [7, 11) is 5.36. The molecule has 2 N–H and O–H groups in total. The van der Waals surface area contributed by atoms with Crippen LogP contribution < -0.4 is 10.6 Å². The van der Waals surface area contributed by atoms with Gasteiger partial charge >= 0.3 is 0 Å². The van der Waals surface area contributed by atoms with Crippen molar-refractivity contribution >= 4 is 17.3 Å². The van der Waals surface area contributed by atoms with E-state index < -0.39 is 0 Å². The smallest absolute Gasteiger partial charge is 0.241 e. The van der Waals surface area contributed by atoms with Crippen molar-refractivity contribution < 1.29 is 4.79 Å². The Kier molecular flexibility index (Phi) is 3.77. The number of amides is 1. The van der Waals surface area contributed by atoms with Crippen molar-refractivity contribution in [2.75, 3.05) is 38.3 Å². The lowest BCUT2D eigenvalue weighted by molar-refractivity contribution is -0.127. The van der Waals surface area contributed by atoms with Crippen LogP contribution in [0.1, 0.15) is 5.56 Å². The molecule has 1 amide bonds. The van der Waals surface area contributed by atoms with E-state index in [0.29, 0.717) is 12.2 Å². The number of benzene rings is 1. The van der Waals surface area contributed by atoms with Crippen LogP contribution in [0.2, 0.25) is 0 Å². The van der Waals surface area contributed by atoms with E-state index in [-0.39, 0.29) is 5.91 Å². The fourth-order valence-corrected chi connectivity index (χ4v) is 1.41. The van der Waals surface area contributed by atoms with Crippen LogP contribution >= 0.6 is 0 Å². The highest BCUT2D eigenvalue weighted by molar-refractivity contribution is 5.82. The van der Waals surface area contributed by atoms with Gasteiger partial charge in [0.25, 0.3) is 0 Å². The highest BCUT2D eigenvalue weighted by Crippen LogP contribution is 2.23. The Labute approximate surface area is 96.6 Å². The van der Waals surface area contributed by atoms with E-state index in [9.17, 15) is 4.79 Å². The molecule has 0 bridgehead atoms. The summed E-state index contributed by atoms with van der Waals surface area (Å²) in [5.74, 6) is 0.0587. The first-order valence-electron chi connectivity index (χ1n) is 5.19. The van der Waals surface area contributed by atoms with Gasteiger partial charge in [-0.05, 0) is 24.6 Å². The minimum Gasteiger partial charge on any atom is -0.397 e. The highest BCUT2D eigenvalue weighted by Gasteiger charge is 2.11. The Morgan fingerprint density at radius 1 is 1.31 bits per heavy atom. The number of nitrogens with zero attached hydrogens (tertiary/aromatic N) is 2. The van der Waals surface area contributed by atoms with Crippen LogP contribution in [0.3, 0.4) is 0 Å². The molecule has 0 unspecified atom stereocenters. The molecule has 1 aromatic carbocycles. The summed E-state index contributed by atoms with van der Waals surface area (Å²) in [6.45, 7) is 2.34. The van der Waals surface area contributed by atoms with Crippen molar-refractivity contribution in [3.8, 4) is 0 Å². The van der Waals surface area contributed by atoms with Crippen LogP contribution in [0.15, 0.2) is 18.2 Å². The Bertz CT molecular complexity index is 388. The SMILES string of the molecule is Cc1ccc(N)c(N(C)CC(=O)N(C)C)c1. The molecule has 0 spiro atoms. The summed E-state index contributed by atoms with van der Waals surface area (Å²) in [6.07, 6.45) is 0. The van der Waals surface area contributed by atoms with Crippen molar-refractivity contribution in [3.63, 3.8) is 0 Å². The number of likely N-dealkylation sites (N-methyl/N-ethyl adjacent to an activating group) is 2. The molecule has 0 saturated carbocycles. The summed E-state index contributed by atoms with van der Waals surface area (Å²) in [5.41, 5.74) is 8.60. The standard InChI is InChI=1S/C12H19N3O/c1-9-5-6-10(13)11(7-9)15(4)8-12(16)14(2)3/h5-7H,8,13H2,1-4H3. The molecular formula is C12H19N3O. The van der Waals surface area contributed by atoms with Gasteiger partial charge in [0.15, 0.2) is 0 Å². The fraction of sp³-hybridized carbons (Fsp3) is 0.417. The second-order valence-corrected chi connectivity index (χ2v) is 4.21. The molecule has 1 aromatic rings. The summed E-state index contributed by atoms with van der Waals surface area (Å²) < 4.78 is 0. The van der Waals surface area contributed by atoms with E-state index in [1.165, 1.54) is 0 Å². The second kappa shape index (κ2) is 4.88. The largest absolute Gasteiger partial charge is 0.397 e. The molecule has 0 aromatic heterocycles. The van der Waals surface area contributed by atoms with Gasteiger partial charge in [-0.25, -0.2) is 0 Å². The minimum atomic E-state index is 0.0587. The average molecular weight is 221 g/mol. The maximum atomic E-state index is 11.6. The molecule has 0 atom stereocenters. The number of aryl methyl sites for hydroxylation is 1. The van der Waals surface area contributed by atoms with E-state index in [0.717, 1.165) is 11.3 Å². The zero-order valence-corrected chi connectivity index (χ0v) is 10.3. The zero-order chi connectivity index (χ0) is 12.3. The lowest BCUT2D eigenvalue weighted by Gasteiger charge is -2.22. The number of nitrogen functional groups attached to an aromatic ring is 1. The van der Waals surface area contributed by atoms with E-state index >= 15 is 0 Å². The average Bonchev–Trinajstić information content (AvgIpc) is 2.21. The zero-order valence-electron chi connectivity index (χ0n) is 10.3. The van der Waals surface area contributed by atoms with Gasteiger partial charge in [-0.15, -0.1) is 0 Å². The van der Waals surface area contributed by atoms with Crippen LogP contribution in [-0.2, 0) is 4.79 Å². The van der Waals surface area contributed by atoms with Gasteiger partial charge in [0.1, 0.15) is 0 Å². The molecule has 0 radical (unpaired) electrons. The predicted molar refractivity (Wildman–Crippen MR) is 67.6 cm³/mol. The minimum absolute atomic E-state index is 0.0587. The quantitative estimate of drug-likeness (QED) is 0.778. The molecule has 0 heterocycles. The first-order chi connectivity index (χ1) is 7.41. The van der Waals surface area contributed by atoms with E-state index in [1.807, 2.05) is 37.1 Å². The van der Waals surface area contributed by atoms with E-state index in [1.54, 1.807) is 19.0 Å². The maximum Gasteiger partial charge on any atom is 0.241 e. The van der Waals surface area contributed by atoms with Crippen molar-refractivity contribution in [2.24, 2.45) is 0 Å². The molecule has 0 aliphatic carbocycles. The first-order valence-corrected chi connectivity index (χ1v) is 5.19. The molecule has 16 heavy (non-hydrogen) atoms. The van der Waals surface area contributed by atoms with E-state index in [2.05, 4.69) is 0 Å². The fourth-order valence-electron chi connectivity index (χ4n) is 1.41. The normalized spacial score (nSPS) is 10.0. The molecule has 0 fully saturated rings. The summed E-state index contributed by atoms with van der Waals surface area (Å²) in [6, 6.07) is 5.81. The topological polar surface area (TPSA) is 49.6 Å². The number of carbonyl (C=O) groups is 1. The molecule has 4 heteroatoms. The van der Waals surface area contributed by atoms with Gasteiger partial charge in [0.2, 0.25) is 5.91 Å². The number of anilines is 2. The van der Waals surface area contributed by atoms with Gasteiger partial charge < -0.3 is 15.5 Å². The third-order valence-electron chi connectivity index (χ3n) is 2.47. The second-order valence-electron chi connectivity index (χ2n) is 4.21. The molecule has 4 nitrogen and oxygen atoms in total. The van der Waals surface area contributed by atoms with Gasteiger partial charge in [-0.2, -0.15) is 0 Å². The lowest BCUT2D eigenvalue weighted by Crippen LogP contribution is -2.34. The van der Waals surface area contributed by atoms with E-state index in [4.69, 9.17) is 5.73 Å². The van der Waals surface area contributed by atoms with Crippen molar-refractivity contribution in [2.45, 2.75) is 6.92 Å².